The maximum absolute atomic E-state index is 12.2. The molecule has 108 valence electrons. The Morgan fingerprint density at radius 3 is 2.43 bits per heavy atom. The van der Waals surface area contributed by atoms with Crippen LogP contribution in [-0.2, 0) is 0 Å². The van der Waals surface area contributed by atoms with Crippen LogP contribution in [0.15, 0.2) is 36.4 Å². The summed E-state index contributed by atoms with van der Waals surface area (Å²) in [5, 5.41) is 11.9. The molecular formula is C16H14ClNO3. The van der Waals surface area contributed by atoms with Crippen molar-refractivity contribution in [1.29, 1.82) is 0 Å². The number of rotatable bonds is 3. The number of hydrogen-bond donors (Lipinski definition) is 2. The first-order valence-electron chi connectivity index (χ1n) is 6.30. The molecule has 0 fully saturated rings. The van der Waals surface area contributed by atoms with E-state index in [9.17, 15) is 9.59 Å². The molecule has 5 heteroatoms. The number of carboxylic acids is 1. The molecule has 0 bridgehead atoms. The summed E-state index contributed by atoms with van der Waals surface area (Å²) in [5.74, 6) is -1.54. The van der Waals surface area contributed by atoms with E-state index in [1.54, 1.807) is 12.1 Å². The van der Waals surface area contributed by atoms with Crippen LogP contribution in [0.2, 0.25) is 5.02 Å². The summed E-state index contributed by atoms with van der Waals surface area (Å²) < 4.78 is 0. The number of nitrogens with one attached hydrogen (secondary N) is 1. The van der Waals surface area contributed by atoms with Gasteiger partial charge in [-0.05, 0) is 49.2 Å². The second kappa shape index (κ2) is 5.97. The quantitative estimate of drug-likeness (QED) is 0.903. The summed E-state index contributed by atoms with van der Waals surface area (Å²) in [6.45, 7) is 3.86. The van der Waals surface area contributed by atoms with Gasteiger partial charge in [0.05, 0.1) is 16.3 Å². The minimum Gasteiger partial charge on any atom is -0.478 e. The van der Waals surface area contributed by atoms with Gasteiger partial charge < -0.3 is 10.4 Å². The number of amides is 1. The number of anilines is 1. The summed E-state index contributed by atoms with van der Waals surface area (Å²) >= 11 is 5.98. The molecule has 0 aliphatic rings. The normalized spacial score (nSPS) is 10.2. The van der Waals surface area contributed by atoms with Gasteiger partial charge in [0, 0.05) is 5.56 Å². The molecule has 0 aliphatic heterocycles. The van der Waals surface area contributed by atoms with Crippen molar-refractivity contribution >= 4 is 29.2 Å². The van der Waals surface area contributed by atoms with Crippen molar-refractivity contribution in [2.24, 2.45) is 0 Å². The fourth-order valence-corrected chi connectivity index (χ4v) is 2.12. The van der Waals surface area contributed by atoms with Crippen LogP contribution in [0.3, 0.4) is 0 Å². The van der Waals surface area contributed by atoms with E-state index in [-0.39, 0.29) is 16.3 Å². The van der Waals surface area contributed by atoms with E-state index in [0.717, 1.165) is 11.1 Å². The first-order chi connectivity index (χ1) is 9.90. The molecule has 0 spiro atoms. The van der Waals surface area contributed by atoms with Crippen molar-refractivity contribution in [2.75, 3.05) is 5.32 Å². The Bertz CT molecular complexity index is 725. The number of carbonyl (C=O) groups excluding carboxylic acids is 1. The van der Waals surface area contributed by atoms with Gasteiger partial charge in [0.1, 0.15) is 0 Å². The van der Waals surface area contributed by atoms with Crippen LogP contribution in [0.4, 0.5) is 5.69 Å². The molecule has 0 saturated heterocycles. The van der Waals surface area contributed by atoms with Gasteiger partial charge in [0.2, 0.25) is 0 Å². The highest BCUT2D eigenvalue weighted by Gasteiger charge is 2.16. The fraction of sp³-hybridized carbons (Fsp3) is 0.125. The molecule has 0 unspecified atom stereocenters. The van der Waals surface area contributed by atoms with Crippen LogP contribution in [0.5, 0.6) is 0 Å². The van der Waals surface area contributed by atoms with Crippen molar-refractivity contribution in [3.8, 4) is 0 Å². The number of halogens is 1. The lowest BCUT2D eigenvalue weighted by molar-refractivity contribution is 0.0698. The summed E-state index contributed by atoms with van der Waals surface area (Å²) in [5.41, 5.74) is 2.58. The standard InChI is InChI=1S/C16H14ClNO3/c1-9-6-7-11(8-10(9)2)15(19)18-14-12(16(20)21)4-3-5-13(14)17/h3-8H,1-2H3,(H,18,19)(H,20,21). The lowest BCUT2D eigenvalue weighted by atomic mass is 10.1. The molecule has 0 heterocycles. The van der Waals surface area contributed by atoms with Gasteiger partial charge in [-0.3, -0.25) is 4.79 Å². The van der Waals surface area contributed by atoms with E-state index in [4.69, 9.17) is 16.7 Å². The number of hydrogen-bond acceptors (Lipinski definition) is 2. The Labute approximate surface area is 127 Å². The van der Waals surface area contributed by atoms with Gasteiger partial charge in [-0.2, -0.15) is 0 Å². The molecular weight excluding hydrogens is 290 g/mol. The number of benzene rings is 2. The van der Waals surface area contributed by atoms with E-state index >= 15 is 0 Å². The van der Waals surface area contributed by atoms with Crippen LogP contribution in [0.25, 0.3) is 0 Å². The lowest BCUT2D eigenvalue weighted by Gasteiger charge is -2.11. The van der Waals surface area contributed by atoms with Gasteiger partial charge in [0.15, 0.2) is 0 Å². The number of carboxylic acid groups (broad SMARTS) is 1. The molecule has 2 aromatic rings. The Balaban J connectivity index is 2.36. The molecule has 21 heavy (non-hydrogen) atoms. The van der Waals surface area contributed by atoms with Gasteiger partial charge in [-0.15, -0.1) is 0 Å². The monoisotopic (exact) mass is 303 g/mol. The summed E-state index contributed by atoms with van der Waals surface area (Å²) in [4.78, 5) is 23.4. The van der Waals surface area contributed by atoms with Crippen molar-refractivity contribution in [3.63, 3.8) is 0 Å². The third-order valence-corrected chi connectivity index (χ3v) is 3.57. The molecule has 2 aromatic carbocycles. The van der Waals surface area contributed by atoms with Crippen LogP contribution in [-0.4, -0.2) is 17.0 Å². The average Bonchev–Trinajstić information content (AvgIpc) is 2.43. The maximum atomic E-state index is 12.2. The third-order valence-electron chi connectivity index (χ3n) is 3.25. The van der Waals surface area contributed by atoms with Crippen molar-refractivity contribution in [1.82, 2.24) is 0 Å². The summed E-state index contributed by atoms with van der Waals surface area (Å²) in [6, 6.07) is 9.73. The minimum atomic E-state index is -1.15. The zero-order valence-electron chi connectivity index (χ0n) is 11.6. The summed E-state index contributed by atoms with van der Waals surface area (Å²) in [7, 11) is 0. The first-order valence-corrected chi connectivity index (χ1v) is 6.68. The Kier molecular flexibility index (Phi) is 4.29. The average molecular weight is 304 g/mol. The topological polar surface area (TPSA) is 66.4 Å². The first kappa shape index (κ1) is 15.1. The third kappa shape index (κ3) is 3.23. The van der Waals surface area contributed by atoms with Gasteiger partial charge in [-0.1, -0.05) is 23.7 Å². The zero-order valence-corrected chi connectivity index (χ0v) is 12.4. The van der Waals surface area contributed by atoms with Gasteiger partial charge >= 0.3 is 5.97 Å². The molecule has 0 radical (unpaired) electrons. The number of aryl methyl sites for hydroxylation is 2. The Morgan fingerprint density at radius 1 is 1.10 bits per heavy atom. The molecule has 0 atom stereocenters. The predicted octanol–water partition coefficient (Wildman–Crippen LogP) is 3.91. The van der Waals surface area contributed by atoms with Crippen molar-refractivity contribution in [2.45, 2.75) is 13.8 Å². The molecule has 0 aromatic heterocycles. The molecule has 0 aliphatic carbocycles. The van der Waals surface area contributed by atoms with Crippen LogP contribution >= 0.6 is 11.6 Å². The Morgan fingerprint density at radius 2 is 1.81 bits per heavy atom. The van der Waals surface area contributed by atoms with E-state index in [1.165, 1.54) is 18.2 Å². The molecule has 0 saturated carbocycles. The number of carbonyl (C=O) groups is 2. The van der Waals surface area contributed by atoms with E-state index in [0.29, 0.717) is 5.56 Å². The van der Waals surface area contributed by atoms with Crippen LogP contribution < -0.4 is 5.32 Å². The van der Waals surface area contributed by atoms with Crippen LogP contribution in [0.1, 0.15) is 31.8 Å². The number of aromatic carboxylic acids is 1. The fourth-order valence-electron chi connectivity index (χ4n) is 1.90. The molecule has 2 rings (SSSR count). The van der Waals surface area contributed by atoms with Gasteiger partial charge in [0.25, 0.3) is 5.91 Å². The highest BCUT2D eigenvalue weighted by atomic mass is 35.5. The van der Waals surface area contributed by atoms with E-state index in [1.807, 2.05) is 19.9 Å². The second-order valence-electron chi connectivity index (χ2n) is 4.72. The summed E-state index contributed by atoms with van der Waals surface area (Å²) in [6.07, 6.45) is 0. The highest BCUT2D eigenvalue weighted by molar-refractivity contribution is 6.34. The van der Waals surface area contributed by atoms with Crippen LogP contribution in [0, 0.1) is 13.8 Å². The van der Waals surface area contributed by atoms with E-state index < -0.39 is 11.9 Å². The largest absolute Gasteiger partial charge is 0.478 e. The van der Waals surface area contributed by atoms with Gasteiger partial charge in [-0.25, -0.2) is 4.79 Å². The maximum Gasteiger partial charge on any atom is 0.337 e. The second-order valence-corrected chi connectivity index (χ2v) is 5.13. The lowest BCUT2D eigenvalue weighted by Crippen LogP contribution is -2.15. The smallest absolute Gasteiger partial charge is 0.337 e. The number of para-hydroxylation sites is 1. The van der Waals surface area contributed by atoms with Crippen molar-refractivity contribution in [3.05, 3.63) is 63.7 Å². The molecule has 2 N–H and O–H groups in total. The predicted molar refractivity (Wildman–Crippen MR) is 82.3 cm³/mol. The molecule has 4 nitrogen and oxygen atoms in total. The Hall–Kier alpha value is -2.33. The highest BCUT2D eigenvalue weighted by Crippen LogP contribution is 2.26. The van der Waals surface area contributed by atoms with E-state index in [2.05, 4.69) is 5.32 Å². The van der Waals surface area contributed by atoms with Crippen molar-refractivity contribution < 1.29 is 14.7 Å². The SMILES string of the molecule is Cc1ccc(C(=O)Nc2c(Cl)cccc2C(=O)O)cc1C. The minimum absolute atomic E-state index is 0.0420. The zero-order chi connectivity index (χ0) is 15.6. The molecule has 1 amide bonds.